The molecule has 0 fully saturated rings. The molecule has 0 spiro atoms. The standard InChI is InChI=1S/C13H23F6O3P/c1-4-6-7-8-9-11(13(17,18)19)22-23(3,20)21-10(5-2)12(14,15)16/h10-11H,4-9H2,1-3H3. The summed E-state index contributed by atoms with van der Waals surface area (Å²) < 4.78 is 97.1. The summed E-state index contributed by atoms with van der Waals surface area (Å²) in [6.07, 6.45) is -13.2. The molecule has 0 aromatic carbocycles. The first kappa shape index (κ1) is 22.7. The van der Waals surface area contributed by atoms with E-state index in [2.05, 4.69) is 9.05 Å². The molecular weight excluding hydrogens is 349 g/mol. The molecule has 3 unspecified atom stereocenters. The lowest BCUT2D eigenvalue weighted by Gasteiger charge is -2.27. The van der Waals surface area contributed by atoms with Crippen molar-refractivity contribution in [2.75, 3.05) is 6.66 Å². The van der Waals surface area contributed by atoms with Crippen LogP contribution in [0.5, 0.6) is 0 Å². The largest absolute Gasteiger partial charge is 0.415 e. The van der Waals surface area contributed by atoms with Crippen molar-refractivity contribution in [2.45, 2.75) is 76.9 Å². The summed E-state index contributed by atoms with van der Waals surface area (Å²) in [6.45, 7) is 3.64. The maximum Gasteiger partial charge on any atom is 0.415 e. The second-order valence-corrected chi connectivity index (χ2v) is 7.26. The van der Waals surface area contributed by atoms with Gasteiger partial charge in [-0.25, -0.2) is 0 Å². The third-order valence-corrected chi connectivity index (χ3v) is 4.33. The van der Waals surface area contributed by atoms with Gasteiger partial charge in [-0.1, -0.05) is 39.5 Å². The Hall–Kier alpha value is -0.270. The van der Waals surface area contributed by atoms with E-state index in [0.717, 1.165) is 19.8 Å². The van der Waals surface area contributed by atoms with Crippen molar-refractivity contribution in [2.24, 2.45) is 0 Å². The molecule has 23 heavy (non-hydrogen) atoms. The van der Waals surface area contributed by atoms with Crippen molar-refractivity contribution in [3.63, 3.8) is 0 Å². The van der Waals surface area contributed by atoms with Gasteiger partial charge in [-0.15, -0.1) is 0 Å². The highest BCUT2D eigenvalue weighted by molar-refractivity contribution is 7.53. The van der Waals surface area contributed by atoms with Crippen LogP contribution < -0.4 is 0 Å². The van der Waals surface area contributed by atoms with Gasteiger partial charge in [0.15, 0.2) is 12.2 Å². The number of alkyl halides is 6. The molecule has 0 heterocycles. The monoisotopic (exact) mass is 372 g/mol. The predicted molar refractivity (Wildman–Crippen MR) is 74.4 cm³/mol. The highest BCUT2D eigenvalue weighted by Crippen LogP contribution is 2.51. The number of halogens is 6. The number of unbranched alkanes of at least 4 members (excludes halogenated alkanes) is 3. The third-order valence-electron chi connectivity index (χ3n) is 3.06. The minimum atomic E-state index is -4.82. The minimum Gasteiger partial charge on any atom is -0.296 e. The van der Waals surface area contributed by atoms with Crippen LogP contribution in [0.3, 0.4) is 0 Å². The van der Waals surface area contributed by atoms with Gasteiger partial charge in [0.2, 0.25) is 0 Å². The van der Waals surface area contributed by atoms with Gasteiger partial charge in [0.1, 0.15) is 0 Å². The quantitative estimate of drug-likeness (QED) is 0.265. The smallest absolute Gasteiger partial charge is 0.296 e. The zero-order chi connectivity index (χ0) is 18.3. The maximum absolute atomic E-state index is 12.9. The summed E-state index contributed by atoms with van der Waals surface area (Å²) in [5, 5.41) is 0. The Labute approximate surface area is 132 Å². The first-order valence-electron chi connectivity index (χ1n) is 7.41. The van der Waals surface area contributed by atoms with Crippen LogP contribution in [0.15, 0.2) is 0 Å². The summed E-state index contributed by atoms with van der Waals surface area (Å²) in [7, 11) is -4.51. The van der Waals surface area contributed by atoms with Gasteiger partial charge in [0, 0.05) is 6.66 Å². The Morgan fingerprint density at radius 2 is 1.35 bits per heavy atom. The number of hydrogen-bond donors (Lipinski definition) is 0. The number of hydrogen-bond acceptors (Lipinski definition) is 3. The van der Waals surface area contributed by atoms with Crippen molar-refractivity contribution < 1.29 is 40.0 Å². The van der Waals surface area contributed by atoms with Gasteiger partial charge < -0.3 is 0 Å². The van der Waals surface area contributed by atoms with E-state index in [9.17, 15) is 30.9 Å². The molecule has 3 nitrogen and oxygen atoms in total. The third kappa shape index (κ3) is 9.57. The average Bonchev–Trinajstić information content (AvgIpc) is 2.37. The lowest BCUT2D eigenvalue weighted by Crippen LogP contribution is -2.34. The zero-order valence-corrected chi connectivity index (χ0v) is 14.2. The lowest BCUT2D eigenvalue weighted by atomic mass is 10.1. The lowest BCUT2D eigenvalue weighted by molar-refractivity contribution is -0.211. The van der Waals surface area contributed by atoms with Gasteiger partial charge in [-0.2, -0.15) is 26.3 Å². The van der Waals surface area contributed by atoms with E-state index in [4.69, 9.17) is 0 Å². The molecule has 0 bridgehead atoms. The Kier molecular flexibility index (Phi) is 9.17. The van der Waals surface area contributed by atoms with E-state index in [-0.39, 0.29) is 6.42 Å². The van der Waals surface area contributed by atoms with E-state index in [1.54, 1.807) is 0 Å². The maximum atomic E-state index is 12.9. The van der Waals surface area contributed by atoms with Gasteiger partial charge in [-0.3, -0.25) is 13.6 Å². The molecule has 140 valence electrons. The fraction of sp³-hybridized carbons (Fsp3) is 1.00. The molecule has 0 radical (unpaired) electrons. The SMILES string of the molecule is CCCCCCC(OP(C)(=O)OC(CC)C(F)(F)F)C(F)(F)F. The van der Waals surface area contributed by atoms with E-state index in [0.29, 0.717) is 13.1 Å². The summed E-state index contributed by atoms with van der Waals surface area (Å²) in [6, 6.07) is 0. The average molecular weight is 372 g/mol. The van der Waals surface area contributed by atoms with Crippen LogP contribution in [-0.2, 0) is 13.6 Å². The molecule has 0 aliphatic carbocycles. The van der Waals surface area contributed by atoms with E-state index in [1.165, 1.54) is 0 Å². The van der Waals surface area contributed by atoms with Crippen LogP contribution >= 0.6 is 7.60 Å². The van der Waals surface area contributed by atoms with Crippen LogP contribution in [0.1, 0.15) is 52.4 Å². The Bertz CT molecular complexity index is 383. The fourth-order valence-corrected chi connectivity index (χ4v) is 3.35. The molecule has 0 aromatic heterocycles. The van der Waals surface area contributed by atoms with Crippen LogP contribution in [0.2, 0.25) is 0 Å². The van der Waals surface area contributed by atoms with Crippen molar-refractivity contribution in [3.05, 3.63) is 0 Å². The molecule has 0 amide bonds. The highest BCUT2D eigenvalue weighted by Gasteiger charge is 2.47. The topological polar surface area (TPSA) is 35.5 Å². The van der Waals surface area contributed by atoms with E-state index in [1.807, 2.05) is 6.92 Å². The second kappa shape index (κ2) is 9.28. The summed E-state index contributed by atoms with van der Waals surface area (Å²) in [4.78, 5) is 0. The molecule has 0 aromatic rings. The normalized spacial score (nSPS) is 18.5. The molecule has 0 aliphatic heterocycles. The minimum absolute atomic E-state index is 0.175. The van der Waals surface area contributed by atoms with Crippen molar-refractivity contribution >= 4 is 7.60 Å². The summed E-state index contributed by atoms with van der Waals surface area (Å²) >= 11 is 0. The van der Waals surface area contributed by atoms with Crippen LogP contribution in [0, 0.1) is 0 Å². The van der Waals surface area contributed by atoms with Gasteiger partial charge in [0.05, 0.1) is 0 Å². The molecule has 3 atom stereocenters. The van der Waals surface area contributed by atoms with E-state index < -0.39 is 45.0 Å². The molecule has 0 N–H and O–H groups in total. The number of rotatable bonds is 10. The highest BCUT2D eigenvalue weighted by atomic mass is 31.2. The van der Waals surface area contributed by atoms with Gasteiger partial charge in [-0.05, 0) is 12.8 Å². The molecule has 0 saturated heterocycles. The fourth-order valence-electron chi connectivity index (χ4n) is 1.89. The van der Waals surface area contributed by atoms with E-state index >= 15 is 0 Å². The van der Waals surface area contributed by atoms with Crippen molar-refractivity contribution in [3.8, 4) is 0 Å². The molecule has 10 heteroatoms. The van der Waals surface area contributed by atoms with Crippen molar-refractivity contribution in [1.82, 2.24) is 0 Å². The molecular formula is C13H23F6O3P. The summed E-state index contributed by atoms with van der Waals surface area (Å²) in [5.41, 5.74) is 0. The molecule has 0 rings (SSSR count). The summed E-state index contributed by atoms with van der Waals surface area (Å²) in [5.74, 6) is 0. The van der Waals surface area contributed by atoms with Crippen molar-refractivity contribution in [1.29, 1.82) is 0 Å². The Balaban J connectivity index is 4.85. The Morgan fingerprint density at radius 1 is 0.870 bits per heavy atom. The molecule has 0 saturated carbocycles. The van der Waals surface area contributed by atoms with Crippen LogP contribution in [-0.4, -0.2) is 31.2 Å². The Morgan fingerprint density at radius 3 is 1.74 bits per heavy atom. The van der Waals surface area contributed by atoms with Crippen LogP contribution in [0.4, 0.5) is 26.3 Å². The first-order valence-corrected chi connectivity index (χ1v) is 9.40. The van der Waals surface area contributed by atoms with Crippen LogP contribution in [0.25, 0.3) is 0 Å². The zero-order valence-electron chi connectivity index (χ0n) is 13.3. The molecule has 0 aliphatic rings. The predicted octanol–water partition coefficient (Wildman–Crippen LogP) is 6.08. The van der Waals surface area contributed by atoms with Gasteiger partial charge >= 0.3 is 19.9 Å². The van der Waals surface area contributed by atoms with Gasteiger partial charge in [0.25, 0.3) is 0 Å². The second-order valence-electron chi connectivity index (χ2n) is 5.30. The first-order chi connectivity index (χ1) is 10.3.